The van der Waals surface area contributed by atoms with Crippen LogP contribution in [0.5, 0.6) is 0 Å². The number of carbonyl (C=O) groups is 1. The number of hydrogen-bond acceptors (Lipinski definition) is 2. The van der Waals surface area contributed by atoms with E-state index in [1.807, 2.05) is 0 Å². The van der Waals surface area contributed by atoms with Crippen molar-refractivity contribution in [3.05, 3.63) is 34.3 Å². The number of rotatable bonds is 3. The van der Waals surface area contributed by atoms with Gasteiger partial charge in [0.2, 0.25) is 0 Å². The summed E-state index contributed by atoms with van der Waals surface area (Å²) in [7, 11) is 2.43. The van der Waals surface area contributed by atoms with Gasteiger partial charge in [-0.15, -0.1) is 0 Å². The molecule has 0 spiro atoms. The van der Waals surface area contributed by atoms with Gasteiger partial charge in [0.25, 0.3) is 5.91 Å². The molecule has 0 aliphatic heterocycles. The van der Waals surface area contributed by atoms with Crippen LogP contribution in [0.2, 0.25) is 0 Å². The summed E-state index contributed by atoms with van der Waals surface area (Å²) in [5.41, 5.74) is -0.00611. The topological polar surface area (TPSA) is 40.5 Å². The van der Waals surface area contributed by atoms with E-state index in [4.69, 9.17) is 0 Å². The zero-order valence-corrected chi connectivity index (χ0v) is 10.9. The Morgan fingerprint density at radius 1 is 1.35 bits per heavy atom. The number of amides is 1. The maximum absolute atomic E-state index is 13.6. The van der Waals surface area contributed by atoms with E-state index in [9.17, 15) is 18.7 Å². The highest BCUT2D eigenvalue weighted by molar-refractivity contribution is 9.10. The minimum absolute atomic E-state index is 0.00611. The molecule has 3 nitrogen and oxygen atoms in total. The van der Waals surface area contributed by atoms with Crippen LogP contribution in [0.25, 0.3) is 0 Å². The Morgan fingerprint density at radius 3 is 2.24 bits per heavy atom. The van der Waals surface area contributed by atoms with Gasteiger partial charge in [0.05, 0.1) is 0 Å². The van der Waals surface area contributed by atoms with E-state index in [0.717, 1.165) is 4.90 Å². The molecule has 0 aliphatic carbocycles. The largest absolute Gasteiger partial charge is 0.381 e. The molecule has 1 atom stereocenters. The Labute approximate surface area is 106 Å². The van der Waals surface area contributed by atoms with Gasteiger partial charge < -0.3 is 10.0 Å². The molecule has 1 aromatic rings. The Kier molecular flexibility index (Phi) is 4.21. The standard InChI is InChI=1S/C11H12BrF2NO2/c1-15(2)10(17)11(13,14)9(16)7-3-5-8(12)6-4-7/h3-6,9,16H,1-2H3. The lowest BCUT2D eigenvalue weighted by molar-refractivity contribution is -0.173. The number of halogens is 3. The van der Waals surface area contributed by atoms with E-state index in [1.165, 1.54) is 38.4 Å². The molecule has 0 aromatic heterocycles. The van der Waals surface area contributed by atoms with Gasteiger partial charge in [0.1, 0.15) is 0 Å². The van der Waals surface area contributed by atoms with Crippen molar-refractivity contribution in [2.45, 2.75) is 12.0 Å². The summed E-state index contributed by atoms with van der Waals surface area (Å²) >= 11 is 3.15. The van der Waals surface area contributed by atoms with E-state index in [-0.39, 0.29) is 5.56 Å². The summed E-state index contributed by atoms with van der Waals surface area (Å²) in [5.74, 6) is -5.26. The van der Waals surface area contributed by atoms with Crippen molar-refractivity contribution < 1.29 is 18.7 Å². The van der Waals surface area contributed by atoms with Gasteiger partial charge in [-0.2, -0.15) is 8.78 Å². The Bertz CT molecular complexity index is 406. The maximum Gasteiger partial charge on any atom is 0.353 e. The summed E-state index contributed by atoms with van der Waals surface area (Å²) in [5, 5.41) is 9.55. The van der Waals surface area contributed by atoms with Gasteiger partial charge >= 0.3 is 5.92 Å². The fourth-order valence-electron chi connectivity index (χ4n) is 1.27. The normalized spacial score (nSPS) is 13.3. The summed E-state index contributed by atoms with van der Waals surface area (Å²) in [6.07, 6.45) is -2.15. The molecule has 0 fully saturated rings. The first kappa shape index (κ1) is 14.1. The van der Waals surface area contributed by atoms with Gasteiger partial charge in [-0.1, -0.05) is 28.1 Å². The fraction of sp³-hybridized carbons (Fsp3) is 0.364. The molecule has 17 heavy (non-hydrogen) atoms. The third-order valence-electron chi connectivity index (χ3n) is 2.22. The molecular weight excluding hydrogens is 296 g/mol. The molecule has 94 valence electrons. The van der Waals surface area contributed by atoms with Gasteiger partial charge in [-0.25, -0.2) is 0 Å². The van der Waals surface area contributed by atoms with Crippen molar-refractivity contribution >= 4 is 21.8 Å². The Balaban J connectivity index is 2.99. The van der Waals surface area contributed by atoms with E-state index in [0.29, 0.717) is 4.47 Å². The van der Waals surface area contributed by atoms with Crippen LogP contribution in [0.3, 0.4) is 0 Å². The monoisotopic (exact) mass is 307 g/mol. The molecule has 1 amide bonds. The summed E-state index contributed by atoms with van der Waals surface area (Å²) in [6, 6.07) is 5.72. The smallest absolute Gasteiger partial charge is 0.353 e. The highest BCUT2D eigenvalue weighted by atomic mass is 79.9. The second-order valence-corrected chi connectivity index (χ2v) is 4.69. The lowest BCUT2D eigenvalue weighted by Crippen LogP contribution is -2.43. The maximum atomic E-state index is 13.6. The van der Waals surface area contributed by atoms with Gasteiger partial charge in [-0.3, -0.25) is 4.79 Å². The van der Waals surface area contributed by atoms with E-state index >= 15 is 0 Å². The first-order valence-corrected chi connectivity index (χ1v) is 5.59. The molecule has 1 unspecified atom stereocenters. The number of nitrogens with zero attached hydrogens (tertiary/aromatic N) is 1. The van der Waals surface area contributed by atoms with Crippen LogP contribution in [0, 0.1) is 0 Å². The van der Waals surface area contributed by atoms with Gasteiger partial charge in [0.15, 0.2) is 6.10 Å². The zero-order chi connectivity index (χ0) is 13.2. The number of alkyl halides is 2. The molecule has 0 saturated heterocycles. The van der Waals surface area contributed by atoms with E-state index in [1.54, 1.807) is 0 Å². The van der Waals surface area contributed by atoms with Crippen LogP contribution in [0.4, 0.5) is 8.78 Å². The number of benzene rings is 1. The summed E-state index contributed by atoms with van der Waals surface area (Å²) < 4.78 is 27.9. The van der Waals surface area contributed by atoms with Crippen molar-refractivity contribution in [1.82, 2.24) is 4.90 Å². The van der Waals surface area contributed by atoms with Gasteiger partial charge in [0, 0.05) is 18.6 Å². The molecular formula is C11H12BrF2NO2. The van der Waals surface area contributed by atoms with Crippen LogP contribution >= 0.6 is 15.9 Å². The van der Waals surface area contributed by atoms with Crippen LogP contribution in [-0.2, 0) is 4.79 Å². The SMILES string of the molecule is CN(C)C(=O)C(F)(F)C(O)c1ccc(Br)cc1. The second-order valence-electron chi connectivity index (χ2n) is 3.78. The predicted octanol–water partition coefficient (Wildman–Crippen LogP) is 2.21. The molecule has 1 aromatic carbocycles. The minimum atomic E-state index is -3.84. The minimum Gasteiger partial charge on any atom is -0.381 e. The average Bonchev–Trinajstić information content (AvgIpc) is 2.27. The van der Waals surface area contributed by atoms with Crippen molar-refractivity contribution in [2.24, 2.45) is 0 Å². The van der Waals surface area contributed by atoms with Crippen LogP contribution in [0.1, 0.15) is 11.7 Å². The van der Waals surface area contributed by atoms with Gasteiger partial charge in [-0.05, 0) is 17.7 Å². The van der Waals surface area contributed by atoms with Crippen molar-refractivity contribution in [2.75, 3.05) is 14.1 Å². The molecule has 0 saturated carbocycles. The first-order chi connectivity index (χ1) is 7.76. The molecule has 1 rings (SSSR count). The second kappa shape index (κ2) is 5.10. The molecule has 0 radical (unpaired) electrons. The quantitative estimate of drug-likeness (QED) is 0.930. The lowest BCUT2D eigenvalue weighted by atomic mass is 10.0. The summed E-state index contributed by atoms with van der Waals surface area (Å²) in [6.45, 7) is 0. The Hall–Kier alpha value is -1.01. The van der Waals surface area contributed by atoms with Crippen molar-refractivity contribution in [3.63, 3.8) is 0 Å². The molecule has 1 N–H and O–H groups in total. The van der Waals surface area contributed by atoms with E-state index < -0.39 is 17.9 Å². The number of aliphatic hydroxyl groups excluding tert-OH is 1. The first-order valence-electron chi connectivity index (χ1n) is 4.80. The fourth-order valence-corrected chi connectivity index (χ4v) is 1.53. The molecule has 0 aliphatic rings. The average molecular weight is 308 g/mol. The third kappa shape index (κ3) is 3.01. The molecule has 0 bridgehead atoms. The number of hydrogen-bond donors (Lipinski definition) is 1. The summed E-state index contributed by atoms with van der Waals surface area (Å²) in [4.78, 5) is 12.0. The zero-order valence-electron chi connectivity index (χ0n) is 9.32. The lowest BCUT2D eigenvalue weighted by Gasteiger charge is -2.24. The Morgan fingerprint density at radius 2 is 1.82 bits per heavy atom. The van der Waals surface area contributed by atoms with Crippen LogP contribution < -0.4 is 0 Å². The van der Waals surface area contributed by atoms with Crippen LogP contribution in [-0.4, -0.2) is 35.9 Å². The molecule has 0 heterocycles. The number of carbonyl (C=O) groups excluding carboxylic acids is 1. The third-order valence-corrected chi connectivity index (χ3v) is 2.75. The van der Waals surface area contributed by atoms with E-state index in [2.05, 4.69) is 15.9 Å². The highest BCUT2D eigenvalue weighted by Gasteiger charge is 2.48. The number of aliphatic hydroxyl groups is 1. The van der Waals surface area contributed by atoms with Crippen molar-refractivity contribution in [1.29, 1.82) is 0 Å². The predicted molar refractivity (Wildman–Crippen MR) is 62.7 cm³/mol. The highest BCUT2D eigenvalue weighted by Crippen LogP contribution is 2.33. The van der Waals surface area contributed by atoms with Crippen LogP contribution in [0.15, 0.2) is 28.7 Å². The molecule has 6 heteroatoms. The van der Waals surface area contributed by atoms with Crippen molar-refractivity contribution in [3.8, 4) is 0 Å².